The zero-order chi connectivity index (χ0) is 16.7. The van der Waals surface area contributed by atoms with Crippen LogP contribution in [0.2, 0.25) is 0 Å². The molecule has 0 radical (unpaired) electrons. The third kappa shape index (κ3) is 4.92. The molecule has 0 spiro atoms. The molecule has 2 aromatic rings. The highest BCUT2D eigenvalue weighted by molar-refractivity contribution is 7.99. The average Bonchev–Trinajstić information content (AvgIpc) is 2.94. The van der Waals surface area contributed by atoms with Crippen LogP contribution >= 0.6 is 11.8 Å². The van der Waals surface area contributed by atoms with E-state index >= 15 is 0 Å². The fraction of sp³-hybridized carbons (Fsp3) is 0.375. The van der Waals surface area contributed by atoms with Crippen molar-refractivity contribution < 1.29 is 4.79 Å². The van der Waals surface area contributed by atoms with Crippen LogP contribution in [0.1, 0.15) is 17.5 Å². The molecule has 0 aliphatic heterocycles. The van der Waals surface area contributed by atoms with Gasteiger partial charge in [-0.2, -0.15) is 0 Å². The normalized spacial score (nSPS) is 10.5. The Morgan fingerprint density at radius 1 is 1.43 bits per heavy atom. The molecule has 7 heteroatoms. The van der Waals surface area contributed by atoms with Crippen LogP contribution in [0.5, 0.6) is 0 Å². The van der Waals surface area contributed by atoms with Crippen LogP contribution in [0, 0.1) is 6.92 Å². The number of hydrogen-bond acceptors (Lipinski definition) is 5. The molecule has 0 unspecified atom stereocenters. The summed E-state index contributed by atoms with van der Waals surface area (Å²) in [7, 11) is 1.78. The Kier molecular flexibility index (Phi) is 6.34. The first-order valence-electron chi connectivity index (χ1n) is 7.40. The van der Waals surface area contributed by atoms with E-state index in [0.29, 0.717) is 30.4 Å². The number of carbonyl (C=O) groups excluding carboxylic acids is 1. The van der Waals surface area contributed by atoms with Gasteiger partial charge in [-0.15, -0.1) is 11.7 Å². The lowest BCUT2D eigenvalue weighted by Gasteiger charge is -2.22. The summed E-state index contributed by atoms with van der Waals surface area (Å²) in [5.74, 6) is 0.754. The molecule has 0 saturated heterocycles. The van der Waals surface area contributed by atoms with Crippen LogP contribution < -0.4 is 0 Å². The van der Waals surface area contributed by atoms with E-state index in [1.165, 1.54) is 17.3 Å². The molecule has 0 saturated carbocycles. The van der Waals surface area contributed by atoms with E-state index in [2.05, 4.69) is 41.2 Å². The summed E-state index contributed by atoms with van der Waals surface area (Å²) >= 11 is 1.48. The van der Waals surface area contributed by atoms with Gasteiger partial charge < -0.3 is 4.90 Å². The summed E-state index contributed by atoms with van der Waals surface area (Å²) in [5.41, 5.74) is 2.35. The van der Waals surface area contributed by atoms with Gasteiger partial charge in [0.1, 0.15) is 0 Å². The van der Waals surface area contributed by atoms with Crippen molar-refractivity contribution >= 4 is 17.7 Å². The first kappa shape index (κ1) is 17.2. The summed E-state index contributed by atoms with van der Waals surface area (Å²) < 4.78 is 1.60. The number of amides is 1. The molecule has 0 atom stereocenters. The highest BCUT2D eigenvalue weighted by atomic mass is 32.2. The summed E-state index contributed by atoms with van der Waals surface area (Å²) in [4.78, 5) is 14.3. The number of aromatic nitrogens is 4. The molecule has 0 aliphatic rings. The summed E-state index contributed by atoms with van der Waals surface area (Å²) in [6, 6.07) is 8.11. The van der Waals surface area contributed by atoms with Crippen molar-refractivity contribution in [3.8, 4) is 0 Å². The van der Waals surface area contributed by atoms with E-state index in [4.69, 9.17) is 0 Å². The number of hydrogen-bond donors (Lipinski definition) is 0. The molecule has 0 fully saturated rings. The first-order valence-corrected chi connectivity index (χ1v) is 8.38. The van der Waals surface area contributed by atoms with Crippen molar-refractivity contribution in [3.63, 3.8) is 0 Å². The number of aryl methyl sites for hydroxylation is 2. The maximum Gasteiger partial charge on any atom is 0.223 e. The number of nitrogens with zero attached hydrogens (tertiary/aromatic N) is 5. The van der Waals surface area contributed by atoms with E-state index in [1.54, 1.807) is 17.8 Å². The van der Waals surface area contributed by atoms with Crippen molar-refractivity contribution in [2.24, 2.45) is 7.05 Å². The van der Waals surface area contributed by atoms with Crippen LogP contribution in [-0.2, 0) is 18.4 Å². The zero-order valence-corrected chi connectivity index (χ0v) is 14.3. The molecule has 6 nitrogen and oxygen atoms in total. The van der Waals surface area contributed by atoms with Crippen molar-refractivity contribution in [2.75, 3.05) is 12.3 Å². The Hall–Kier alpha value is -2.15. The Morgan fingerprint density at radius 3 is 2.87 bits per heavy atom. The molecule has 0 aliphatic carbocycles. The summed E-state index contributed by atoms with van der Waals surface area (Å²) in [5, 5.41) is 12.0. The second kappa shape index (κ2) is 8.47. The van der Waals surface area contributed by atoms with E-state index in [-0.39, 0.29) is 5.91 Å². The molecule has 23 heavy (non-hydrogen) atoms. The largest absolute Gasteiger partial charge is 0.335 e. The first-order chi connectivity index (χ1) is 11.1. The second-order valence-electron chi connectivity index (χ2n) is 5.17. The topological polar surface area (TPSA) is 63.9 Å². The molecule has 1 amide bonds. The third-order valence-corrected chi connectivity index (χ3v) is 4.47. The van der Waals surface area contributed by atoms with Gasteiger partial charge in [-0.1, -0.05) is 42.1 Å². The fourth-order valence-corrected chi connectivity index (χ4v) is 2.91. The van der Waals surface area contributed by atoms with Crippen molar-refractivity contribution in [1.82, 2.24) is 25.1 Å². The van der Waals surface area contributed by atoms with Gasteiger partial charge in [0.15, 0.2) is 0 Å². The van der Waals surface area contributed by atoms with Gasteiger partial charge in [-0.05, 0) is 28.5 Å². The maximum atomic E-state index is 12.5. The lowest BCUT2D eigenvalue weighted by atomic mass is 10.1. The van der Waals surface area contributed by atoms with Gasteiger partial charge in [-0.3, -0.25) is 4.79 Å². The highest BCUT2D eigenvalue weighted by Gasteiger charge is 2.14. The molecule has 122 valence electrons. The number of benzene rings is 1. The van der Waals surface area contributed by atoms with Crippen LogP contribution in [0.4, 0.5) is 0 Å². The van der Waals surface area contributed by atoms with Gasteiger partial charge >= 0.3 is 0 Å². The van der Waals surface area contributed by atoms with Crippen molar-refractivity contribution in [2.45, 2.75) is 25.0 Å². The van der Waals surface area contributed by atoms with Crippen LogP contribution in [0.25, 0.3) is 0 Å². The number of rotatable bonds is 8. The minimum atomic E-state index is 0.107. The Labute approximate surface area is 140 Å². The highest BCUT2D eigenvalue weighted by Crippen LogP contribution is 2.16. The average molecular weight is 331 g/mol. The lowest BCUT2D eigenvalue weighted by molar-refractivity contribution is -0.130. The molecule has 1 aromatic heterocycles. The smallest absolute Gasteiger partial charge is 0.223 e. The predicted molar refractivity (Wildman–Crippen MR) is 90.9 cm³/mol. The summed E-state index contributed by atoms with van der Waals surface area (Å²) in [6.07, 6.45) is 2.20. The minimum Gasteiger partial charge on any atom is -0.335 e. The Morgan fingerprint density at radius 2 is 2.22 bits per heavy atom. The van der Waals surface area contributed by atoms with Gasteiger partial charge in [0.25, 0.3) is 0 Å². The van der Waals surface area contributed by atoms with Gasteiger partial charge in [0.2, 0.25) is 11.1 Å². The Bertz CT molecular complexity index is 670. The van der Waals surface area contributed by atoms with Crippen LogP contribution in [-0.4, -0.2) is 43.3 Å². The molecule has 2 rings (SSSR count). The molecule has 0 bridgehead atoms. The second-order valence-corrected chi connectivity index (χ2v) is 6.24. The van der Waals surface area contributed by atoms with E-state index in [0.717, 1.165) is 5.56 Å². The fourth-order valence-electron chi connectivity index (χ4n) is 2.13. The Balaban J connectivity index is 1.91. The van der Waals surface area contributed by atoms with E-state index in [1.807, 2.05) is 17.0 Å². The standard InChI is InChI=1S/C16H21N5OS/c1-4-10-21(12-14-8-6-5-7-13(14)2)15(22)9-11-23-16-17-18-19-20(16)3/h4-8H,1,9-12H2,2-3H3. The summed E-state index contributed by atoms with van der Waals surface area (Å²) in [6.45, 7) is 6.96. The van der Waals surface area contributed by atoms with Crippen molar-refractivity contribution in [3.05, 3.63) is 48.0 Å². The van der Waals surface area contributed by atoms with E-state index in [9.17, 15) is 4.79 Å². The van der Waals surface area contributed by atoms with Crippen LogP contribution in [0.3, 0.4) is 0 Å². The number of thioether (sulfide) groups is 1. The van der Waals surface area contributed by atoms with Gasteiger partial charge in [0.05, 0.1) is 0 Å². The van der Waals surface area contributed by atoms with Crippen LogP contribution in [0.15, 0.2) is 42.1 Å². The van der Waals surface area contributed by atoms with E-state index < -0.39 is 0 Å². The molecule has 0 N–H and O–H groups in total. The molecule has 1 aromatic carbocycles. The maximum absolute atomic E-state index is 12.5. The molecular weight excluding hydrogens is 310 g/mol. The van der Waals surface area contributed by atoms with Crippen molar-refractivity contribution in [1.29, 1.82) is 0 Å². The zero-order valence-electron chi connectivity index (χ0n) is 13.5. The SMILES string of the molecule is C=CCN(Cc1ccccc1C)C(=O)CCSc1nnnn1C. The monoisotopic (exact) mass is 331 g/mol. The number of tetrazole rings is 1. The van der Waals surface area contributed by atoms with Gasteiger partial charge in [0, 0.05) is 32.3 Å². The predicted octanol–water partition coefficient (Wildman–Crippen LogP) is 2.22. The minimum absolute atomic E-state index is 0.107. The molecule has 1 heterocycles. The number of carbonyl (C=O) groups is 1. The lowest BCUT2D eigenvalue weighted by Crippen LogP contribution is -2.31. The third-order valence-electron chi connectivity index (χ3n) is 3.45. The molecular formula is C16H21N5OS. The quantitative estimate of drug-likeness (QED) is 0.548. The van der Waals surface area contributed by atoms with Gasteiger partial charge in [-0.25, -0.2) is 4.68 Å².